The topological polar surface area (TPSA) is 13.0 Å². The fourth-order valence-corrected chi connectivity index (χ4v) is 14.8. The highest BCUT2D eigenvalue weighted by molar-refractivity contribution is 6.12. The van der Waals surface area contributed by atoms with Gasteiger partial charge >= 0.3 is 0 Å². The number of hydrogen-bond donors (Lipinski definition) is 0. The molecule has 8 aliphatic heterocycles. The molecule has 0 radical (unpaired) electrons. The summed E-state index contributed by atoms with van der Waals surface area (Å²) in [6.45, 7) is 0. The molecule has 314 valence electrons. The van der Waals surface area contributed by atoms with E-state index in [0.717, 1.165) is 0 Å². The molecule has 0 spiro atoms. The lowest BCUT2D eigenvalue weighted by atomic mass is 9.69. The summed E-state index contributed by atoms with van der Waals surface area (Å²) in [5, 5.41) is 0. The molecule has 0 aliphatic carbocycles. The molecule has 10 aromatic rings. The summed E-state index contributed by atoms with van der Waals surface area (Å²) < 4.78 is 0. The van der Waals surface area contributed by atoms with Crippen LogP contribution in [0.1, 0.15) is 68.7 Å². The SMILES string of the molecule is c1ccc2c(c1)-c1ccccc1N1c3cccc4c3-c3c(cccc3N3c5cccc6c5-c5c(cccc5N5c7cccc8c7-c7c(cccc7C65)C5c6ccccc6-c6ccccc6N85)C43)C21. The molecule has 68 heavy (non-hydrogen) atoms. The smallest absolute Gasteiger partial charge is 0.0858 e. The van der Waals surface area contributed by atoms with Crippen molar-refractivity contribution in [1.82, 2.24) is 0 Å². The van der Waals surface area contributed by atoms with Crippen LogP contribution in [-0.4, -0.2) is 0 Å². The minimum Gasteiger partial charge on any atom is -0.329 e. The molecule has 8 heterocycles. The molecule has 4 heteroatoms. The van der Waals surface area contributed by atoms with Crippen LogP contribution in [0.25, 0.3) is 55.6 Å². The van der Waals surface area contributed by atoms with Crippen molar-refractivity contribution in [1.29, 1.82) is 0 Å². The van der Waals surface area contributed by atoms with Crippen LogP contribution in [0.5, 0.6) is 0 Å². The zero-order valence-corrected chi connectivity index (χ0v) is 36.7. The highest BCUT2D eigenvalue weighted by atomic mass is 15.3. The molecule has 0 N–H and O–H groups in total. The van der Waals surface area contributed by atoms with Gasteiger partial charge in [0, 0.05) is 50.3 Å². The van der Waals surface area contributed by atoms with E-state index in [2.05, 4.69) is 226 Å². The molecule has 0 fully saturated rings. The van der Waals surface area contributed by atoms with Crippen LogP contribution in [0.3, 0.4) is 0 Å². The Bertz CT molecular complexity index is 3500. The van der Waals surface area contributed by atoms with E-state index in [1.165, 1.54) is 146 Å². The van der Waals surface area contributed by atoms with Crippen molar-refractivity contribution in [3.63, 3.8) is 0 Å². The first-order chi connectivity index (χ1) is 33.8. The standard InChI is InChI=1S/C64H38N4/c1-3-19-39-35(15-1)38-18-6-8-28-48(38)66-53-33-14-34-54-60(53)55-41(61(39)66)21-9-22-42(55)63-44-24-12-31-51-58(44)59-46(26-13-32-52(59)68(54)63)64-45-25-11-29-49-57(45)56-43(23-10-30-50(56)67(51)64)62-40-20-4-2-16-36(40)37-17-5-7-27-47(37)65(49)62/h1-34,61-64H. The second kappa shape index (κ2) is 11.9. The van der Waals surface area contributed by atoms with Gasteiger partial charge in [0.1, 0.15) is 0 Å². The molecule has 8 aliphatic rings. The molecule has 0 amide bonds. The molecule has 4 atom stereocenters. The average molecular weight is 863 g/mol. The number of rotatable bonds is 0. The number of hydrogen-bond acceptors (Lipinski definition) is 4. The molecular formula is C64H38N4. The van der Waals surface area contributed by atoms with Crippen molar-refractivity contribution < 1.29 is 0 Å². The first kappa shape index (κ1) is 34.7. The first-order valence-corrected chi connectivity index (χ1v) is 24.2. The Balaban J connectivity index is 0.910. The Hall–Kier alpha value is -8.60. The van der Waals surface area contributed by atoms with Gasteiger partial charge < -0.3 is 19.6 Å². The highest BCUT2D eigenvalue weighted by Crippen LogP contribution is 2.70. The summed E-state index contributed by atoms with van der Waals surface area (Å²) in [5.41, 5.74) is 34.7. The Kier molecular flexibility index (Phi) is 6.05. The van der Waals surface area contributed by atoms with Gasteiger partial charge in [0.15, 0.2) is 0 Å². The largest absolute Gasteiger partial charge is 0.329 e. The van der Waals surface area contributed by atoms with Crippen molar-refractivity contribution in [3.05, 3.63) is 251 Å². The minimum absolute atomic E-state index is 0.0136. The maximum atomic E-state index is 2.73. The third kappa shape index (κ3) is 3.79. The van der Waals surface area contributed by atoms with Crippen molar-refractivity contribution in [2.24, 2.45) is 0 Å². The van der Waals surface area contributed by atoms with Gasteiger partial charge in [0.2, 0.25) is 0 Å². The van der Waals surface area contributed by atoms with Crippen LogP contribution in [-0.2, 0) is 0 Å². The van der Waals surface area contributed by atoms with Crippen molar-refractivity contribution in [2.45, 2.75) is 24.2 Å². The lowest BCUT2D eigenvalue weighted by molar-refractivity contribution is 0.743. The fraction of sp³-hybridized carbons (Fsp3) is 0.0625. The zero-order chi connectivity index (χ0) is 43.7. The van der Waals surface area contributed by atoms with Gasteiger partial charge in [-0.1, -0.05) is 158 Å². The number of fused-ring (bicyclic) bond motifs is 26. The van der Waals surface area contributed by atoms with Gasteiger partial charge in [0.25, 0.3) is 0 Å². The van der Waals surface area contributed by atoms with E-state index in [-0.39, 0.29) is 24.2 Å². The van der Waals surface area contributed by atoms with E-state index in [1.807, 2.05) is 0 Å². The van der Waals surface area contributed by atoms with E-state index in [4.69, 9.17) is 0 Å². The van der Waals surface area contributed by atoms with Gasteiger partial charge in [0.05, 0.1) is 58.3 Å². The van der Waals surface area contributed by atoms with E-state index < -0.39 is 0 Å². The van der Waals surface area contributed by atoms with Crippen LogP contribution < -0.4 is 19.6 Å². The molecule has 0 bridgehead atoms. The van der Waals surface area contributed by atoms with E-state index >= 15 is 0 Å². The predicted molar refractivity (Wildman–Crippen MR) is 275 cm³/mol. The van der Waals surface area contributed by atoms with E-state index in [1.54, 1.807) is 0 Å². The van der Waals surface area contributed by atoms with Gasteiger partial charge in [-0.2, -0.15) is 0 Å². The summed E-state index contributed by atoms with van der Waals surface area (Å²) in [6, 6.07) is 79.3. The van der Waals surface area contributed by atoms with Crippen LogP contribution in [0, 0.1) is 0 Å². The van der Waals surface area contributed by atoms with Crippen LogP contribution in [0.4, 0.5) is 45.5 Å². The number of para-hydroxylation sites is 2. The molecular weight excluding hydrogens is 825 g/mol. The summed E-state index contributed by atoms with van der Waals surface area (Å²) in [7, 11) is 0. The molecule has 0 saturated carbocycles. The van der Waals surface area contributed by atoms with Crippen LogP contribution in [0.2, 0.25) is 0 Å². The van der Waals surface area contributed by atoms with Crippen LogP contribution >= 0.6 is 0 Å². The average Bonchev–Trinajstić information content (AvgIpc) is 3.41. The van der Waals surface area contributed by atoms with Gasteiger partial charge in [-0.15, -0.1) is 0 Å². The van der Waals surface area contributed by atoms with Gasteiger partial charge in [-0.3, -0.25) is 0 Å². The van der Waals surface area contributed by atoms with Crippen LogP contribution in [0.15, 0.2) is 206 Å². The van der Waals surface area contributed by atoms with Crippen molar-refractivity contribution in [2.75, 3.05) is 19.6 Å². The summed E-state index contributed by atoms with van der Waals surface area (Å²) >= 11 is 0. The molecule has 4 nitrogen and oxygen atoms in total. The predicted octanol–water partition coefficient (Wildman–Crippen LogP) is 16.2. The molecule has 10 aromatic carbocycles. The Morgan fingerprint density at radius 1 is 0.176 bits per heavy atom. The molecule has 0 aromatic heterocycles. The third-order valence-corrected chi connectivity index (χ3v) is 17.0. The first-order valence-electron chi connectivity index (χ1n) is 24.2. The maximum absolute atomic E-state index is 2.73. The van der Waals surface area contributed by atoms with E-state index in [9.17, 15) is 0 Å². The normalized spacial score (nSPS) is 19.4. The quantitative estimate of drug-likeness (QED) is 0.151. The minimum atomic E-state index is -0.0233. The molecule has 0 saturated heterocycles. The molecule has 4 unspecified atom stereocenters. The number of anilines is 8. The Labute approximate surface area is 393 Å². The second-order valence-corrected chi connectivity index (χ2v) is 19.7. The monoisotopic (exact) mass is 862 g/mol. The highest BCUT2D eigenvalue weighted by Gasteiger charge is 2.52. The Morgan fingerprint density at radius 3 is 0.809 bits per heavy atom. The lowest BCUT2D eigenvalue weighted by Crippen LogP contribution is -2.41. The number of benzene rings is 10. The Morgan fingerprint density at radius 2 is 0.412 bits per heavy atom. The molecule has 18 rings (SSSR count). The lowest BCUT2D eigenvalue weighted by Gasteiger charge is -2.54. The summed E-state index contributed by atoms with van der Waals surface area (Å²) in [4.78, 5) is 10.7. The maximum Gasteiger partial charge on any atom is 0.0858 e. The summed E-state index contributed by atoms with van der Waals surface area (Å²) in [6.07, 6.45) is 0. The van der Waals surface area contributed by atoms with Crippen molar-refractivity contribution >= 4 is 45.5 Å². The van der Waals surface area contributed by atoms with E-state index in [0.29, 0.717) is 0 Å². The van der Waals surface area contributed by atoms with Gasteiger partial charge in [-0.05, 0) is 110 Å². The number of nitrogens with zero attached hydrogens (tertiary/aromatic N) is 4. The van der Waals surface area contributed by atoms with Crippen molar-refractivity contribution in [3.8, 4) is 55.6 Å². The van der Waals surface area contributed by atoms with Gasteiger partial charge in [-0.25, -0.2) is 0 Å². The third-order valence-electron chi connectivity index (χ3n) is 17.0. The zero-order valence-electron chi connectivity index (χ0n) is 36.7. The fourth-order valence-electron chi connectivity index (χ4n) is 14.8. The summed E-state index contributed by atoms with van der Waals surface area (Å²) in [5.74, 6) is 0. The second-order valence-electron chi connectivity index (χ2n) is 19.7.